The first kappa shape index (κ1) is 18.9. The summed E-state index contributed by atoms with van der Waals surface area (Å²) in [6, 6.07) is 32.8. The zero-order valence-electron chi connectivity index (χ0n) is 21.0. The molecule has 9 aromatic rings. The molecule has 0 spiro atoms. The molecule has 0 saturated heterocycles. The lowest BCUT2D eigenvalue weighted by Crippen LogP contribution is -1.82. The number of hydrogen-bond donors (Lipinski definition) is 0. The summed E-state index contributed by atoms with van der Waals surface area (Å²) in [4.78, 5) is 0. The molecule has 2 fully saturated rings. The van der Waals surface area contributed by atoms with E-state index in [0.29, 0.717) is 0 Å². The normalized spacial score (nSPS) is 16.8. The van der Waals surface area contributed by atoms with Gasteiger partial charge in [0.25, 0.3) is 0 Å². The smallest absolute Gasteiger partial charge is 0.0634 e. The van der Waals surface area contributed by atoms with E-state index in [4.69, 9.17) is 0 Å². The van der Waals surface area contributed by atoms with Crippen molar-refractivity contribution in [2.24, 2.45) is 0 Å². The third-order valence-corrected chi connectivity index (χ3v) is 9.88. The fourth-order valence-electron chi connectivity index (χ4n) is 7.96. The van der Waals surface area contributed by atoms with Gasteiger partial charge in [0.2, 0.25) is 0 Å². The van der Waals surface area contributed by atoms with Crippen molar-refractivity contribution in [3.63, 3.8) is 0 Å². The molecule has 4 aromatic heterocycles. The second kappa shape index (κ2) is 6.05. The number of rotatable bonds is 2. The molecule has 0 unspecified atom stereocenters. The Morgan fingerprint density at radius 2 is 0.816 bits per heavy atom. The Labute approximate surface area is 218 Å². The molecular weight excluding hydrogens is 460 g/mol. The molecular formula is C36H24N2. The molecule has 2 heteroatoms. The minimum atomic E-state index is 0.740. The van der Waals surface area contributed by atoms with Gasteiger partial charge in [-0.3, -0.25) is 0 Å². The van der Waals surface area contributed by atoms with Gasteiger partial charge in [-0.1, -0.05) is 48.5 Å². The third-order valence-electron chi connectivity index (χ3n) is 9.88. The van der Waals surface area contributed by atoms with E-state index < -0.39 is 0 Å². The van der Waals surface area contributed by atoms with Crippen LogP contribution in [0.1, 0.15) is 48.6 Å². The summed E-state index contributed by atoms with van der Waals surface area (Å²) in [5.74, 6) is 1.48. The first-order valence-electron chi connectivity index (χ1n) is 14.2. The minimum absolute atomic E-state index is 0.740. The quantitative estimate of drug-likeness (QED) is 0.231. The van der Waals surface area contributed by atoms with Gasteiger partial charge in [-0.05, 0) is 85.0 Å². The second-order valence-corrected chi connectivity index (χ2v) is 12.0. The van der Waals surface area contributed by atoms with Gasteiger partial charge in [0, 0.05) is 43.1 Å². The van der Waals surface area contributed by atoms with Crippen LogP contribution >= 0.6 is 0 Å². The SMILES string of the molecule is c1ccc2c(c1)c1c3c4cc(C5CC5)ccc4n4c5ccccc5c(c5c6cc(C7CC7)ccc6n2c15)c34. The Hall–Kier alpha value is -4.30. The minimum Gasteiger partial charge on any atom is -0.308 e. The van der Waals surface area contributed by atoms with Gasteiger partial charge in [0.1, 0.15) is 0 Å². The zero-order valence-corrected chi connectivity index (χ0v) is 21.0. The number of aromatic nitrogens is 2. The van der Waals surface area contributed by atoms with Crippen molar-refractivity contribution < 1.29 is 0 Å². The van der Waals surface area contributed by atoms with Crippen molar-refractivity contribution in [1.29, 1.82) is 0 Å². The highest BCUT2D eigenvalue weighted by molar-refractivity contribution is 6.45. The highest BCUT2D eigenvalue weighted by Crippen LogP contribution is 2.53. The van der Waals surface area contributed by atoms with E-state index in [9.17, 15) is 0 Å². The topological polar surface area (TPSA) is 8.82 Å². The Bertz CT molecular complexity index is 2290. The molecule has 0 radical (unpaired) electrons. The maximum atomic E-state index is 2.58. The van der Waals surface area contributed by atoms with Crippen LogP contribution in [0.15, 0.2) is 84.9 Å². The van der Waals surface area contributed by atoms with E-state index in [1.54, 1.807) is 0 Å². The molecule has 2 aliphatic rings. The van der Waals surface area contributed by atoms with Crippen LogP contribution in [0.5, 0.6) is 0 Å². The Kier molecular flexibility index (Phi) is 3.00. The third kappa shape index (κ3) is 2.02. The summed E-state index contributed by atoms with van der Waals surface area (Å²) in [6.07, 6.45) is 5.32. The second-order valence-electron chi connectivity index (χ2n) is 12.0. The molecule has 0 atom stereocenters. The number of hydrogen-bond acceptors (Lipinski definition) is 0. The predicted molar refractivity (Wildman–Crippen MR) is 160 cm³/mol. The van der Waals surface area contributed by atoms with Gasteiger partial charge < -0.3 is 8.80 Å². The summed E-state index contributed by atoms with van der Waals surface area (Å²) >= 11 is 0. The van der Waals surface area contributed by atoms with Crippen molar-refractivity contribution in [1.82, 2.24) is 8.80 Å². The first-order chi connectivity index (χ1) is 18.9. The summed E-state index contributed by atoms with van der Waals surface area (Å²) in [5.41, 5.74) is 11.2. The van der Waals surface area contributed by atoms with Crippen LogP contribution < -0.4 is 0 Å². The molecule has 0 amide bonds. The van der Waals surface area contributed by atoms with Crippen molar-refractivity contribution in [2.75, 3.05) is 0 Å². The average Bonchev–Trinajstić information content (AvgIpc) is 3.88. The fourth-order valence-corrected chi connectivity index (χ4v) is 7.96. The van der Waals surface area contributed by atoms with Crippen molar-refractivity contribution in [3.05, 3.63) is 96.1 Å². The maximum absolute atomic E-state index is 2.58. The largest absolute Gasteiger partial charge is 0.308 e. The van der Waals surface area contributed by atoms with Crippen LogP contribution in [-0.2, 0) is 0 Å². The van der Waals surface area contributed by atoms with Gasteiger partial charge in [0.05, 0.1) is 33.1 Å². The molecule has 11 rings (SSSR count). The van der Waals surface area contributed by atoms with Crippen LogP contribution in [0.3, 0.4) is 0 Å². The molecule has 4 heterocycles. The zero-order chi connectivity index (χ0) is 24.3. The predicted octanol–water partition coefficient (Wildman–Crippen LogP) is 9.74. The monoisotopic (exact) mass is 484 g/mol. The lowest BCUT2D eigenvalue weighted by atomic mass is 9.96. The van der Waals surface area contributed by atoms with Crippen LogP contribution in [-0.4, -0.2) is 8.80 Å². The van der Waals surface area contributed by atoms with Gasteiger partial charge in [0.15, 0.2) is 0 Å². The molecule has 2 aliphatic carbocycles. The summed E-state index contributed by atoms with van der Waals surface area (Å²) in [5, 5.41) is 11.3. The summed E-state index contributed by atoms with van der Waals surface area (Å²) < 4.78 is 5.16. The highest BCUT2D eigenvalue weighted by atomic mass is 14.9. The number of para-hydroxylation sites is 2. The van der Waals surface area contributed by atoms with Gasteiger partial charge in [-0.25, -0.2) is 0 Å². The molecule has 5 aromatic carbocycles. The number of benzene rings is 5. The van der Waals surface area contributed by atoms with Crippen molar-refractivity contribution in [3.8, 4) is 0 Å². The van der Waals surface area contributed by atoms with Crippen LogP contribution in [0, 0.1) is 0 Å². The molecule has 0 bridgehead atoms. The summed E-state index contributed by atoms with van der Waals surface area (Å²) in [6.45, 7) is 0. The fraction of sp³-hybridized carbons (Fsp3) is 0.167. The molecule has 38 heavy (non-hydrogen) atoms. The van der Waals surface area contributed by atoms with Gasteiger partial charge in [-0.15, -0.1) is 0 Å². The van der Waals surface area contributed by atoms with E-state index in [1.165, 1.54) is 113 Å². The number of nitrogens with zero attached hydrogens (tertiary/aromatic N) is 2. The molecule has 0 aliphatic heterocycles. The van der Waals surface area contributed by atoms with Crippen LogP contribution in [0.25, 0.3) is 76.2 Å². The Morgan fingerprint density at radius 3 is 1.26 bits per heavy atom. The van der Waals surface area contributed by atoms with Crippen LogP contribution in [0.4, 0.5) is 0 Å². The molecule has 2 nitrogen and oxygen atoms in total. The maximum Gasteiger partial charge on any atom is 0.0634 e. The molecule has 2 saturated carbocycles. The summed E-state index contributed by atoms with van der Waals surface area (Å²) in [7, 11) is 0. The van der Waals surface area contributed by atoms with E-state index in [1.807, 2.05) is 0 Å². The highest BCUT2D eigenvalue weighted by Gasteiger charge is 2.31. The van der Waals surface area contributed by atoms with Crippen LogP contribution in [0.2, 0.25) is 0 Å². The molecule has 178 valence electrons. The Morgan fingerprint density at radius 1 is 0.421 bits per heavy atom. The van der Waals surface area contributed by atoms with E-state index in [2.05, 4.69) is 93.7 Å². The van der Waals surface area contributed by atoms with E-state index >= 15 is 0 Å². The molecule has 0 N–H and O–H groups in total. The van der Waals surface area contributed by atoms with Crippen molar-refractivity contribution in [2.45, 2.75) is 37.5 Å². The first-order valence-corrected chi connectivity index (χ1v) is 14.2. The number of fused-ring (bicyclic) bond motifs is 14. The van der Waals surface area contributed by atoms with Crippen molar-refractivity contribution >= 4 is 76.2 Å². The van der Waals surface area contributed by atoms with E-state index in [-0.39, 0.29) is 0 Å². The Balaban J connectivity index is 1.53. The van der Waals surface area contributed by atoms with Gasteiger partial charge >= 0.3 is 0 Å². The lowest BCUT2D eigenvalue weighted by molar-refractivity contribution is 1.14. The average molecular weight is 485 g/mol. The van der Waals surface area contributed by atoms with E-state index in [0.717, 1.165) is 11.8 Å². The standard InChI is InChI=1S/C36H24N2/c1-3-7-27-23(5-1)31-33-25-17-21(19-9-10-19)14-16-30(25)38-28-8-4-2-6-24(28)32(36(33)38)34-26-18-22(20-11-12-20)13-15-29(26)37(27)35(31)34/h1-8,13-20H,9-12H2. The van der Waals surface area contributed by atoms with Gasteiger partial charge in [-0.2, -0.15) is 0 Å². The lowest BCUT2D eigenvalue weighted by Gasteiger charge is -2.04.